The number of ether oxygens (including phenoxy) is 1. The Kier molecular flexibility index (Phi) is 5.86. The van der Waals surface area contributed by atoms with E-state index in [-0.39, 0.29) is 0 Å². The Balaban J connectivity index is 1.42. The lowest BCUT2D eigenvalue weighted by Gasteiger charge is -2.36. The van der Waals surface area contributed by atoms with Gasteiger partial charge in [0.15, 0.2) is 0 Å². The van der Waals surface area contributed by atoms with Gasteiger partial charge >= 0.3 is 0 Å². The number of rotatable bonds is 6. The molecule has 1 fully saturated rings. The number of aromatic nitrogens is 3. The second-order valence-corrected chi connectivity index (χ2v) is 7.55. The van der Waals surface area contributed by atoms with E-state index in [0.29, 0.717) is 0 Å². The molecule has 0 saturated carbocycles. The Hall–Kier alpha value is -2.16. The van der Waals surface area contributed by atoms with Crippen LogP contribution in [0, 0.1) is 0 Å². The number of anilines is 2. The SMILES string of the molecule is COCCN1CCN(c2ccnc(N3C=C(c4ccnnc4)SC3)c2)CC1. The smallest absolute Gasteiger partial charge is 0.135 e. The van der Waals surface area contributed by atoms with Crippen molar-refractivity contribution in [2.75, 3.05) is 62.1 Å². The van der Waals surface area contributed by atoms with Crippen molar-refractivity contribution in [1.82, 2.24) is 20.1 Å². The molecule has 0 atom stereocenters. The summed E-state index contributed by atoms with van der Waals surface area (Å²) in [5.41, 5.74) is 2.34. The molecule has 142 valence electrons. The first-order valence-electron chi connectivity index (χ1n) is 9.14. The van der Waals surface area contributed by atoms with Crippen molar-refractivity contribution < 1.29 is 4.74 Å². The predicted molar refractivity (Wildman–Crippen MR) is 110 cm³/mol. The Labute approximate surface area is 164 Å². The van der Waals surface area contributed by atoms with Crippen molar-refractivity contribution in [2.24, 2.45) is 0 Å². The van der Waals surface area contributed by atoms with Crippen LogP contribution in [0.15, 0.2) is 43.0 Å². The monoisotopic (exact) mass is 384 g/mol. The quantitative estimate of drug-likeness (QED) is 0.751. The van der Waals surface area contributed by atoms with E-state index in [2.05, 4.69) is 48.2 Å². The van der Waals surface area contributed by atoms with Gasteiger partial charge in [-0.05, 0) is 12.1 Å². The van der Waals surface area contributed by atoms with E-state index >= 15 is 0 Å². The fraction of sp³-hybridized carbons (Fsp3) is 0.421. The van der Waals surface area contributed by atoms with Gasteiger partial charge in [0, 0.05) is 74.5 Å². The zero-order chi connectivity index (χ0) is 18.5. The minimum atomic E-state index is 0.799. The Morgan fingerprint density at radius 1 is 1.11 bits per heavy atom. The number of pyridine rings is 1. The molecular formula is C19H24N6OS. The summed E-state index contributed by atoms with van der Waals surface area (Å²) in [6.45, 7) is 6.01. The number of thioether (sulfide) groups is 1. The number of hydrogen-bond acceptors (Lipinski definition) is 8. The second-order valence-electron chi connectivity index (χ2n) is 6.56. The zero-order valence-corrected chi connectivity index (χ0v) is 16.3. The molecule has 2 aliphatic rings. The molecule has 0 aliphatic carbocycles. The minimum Gasteiger partial charge on any atom is -0.383 e. The van der Waals surface area contributed by atoms with Gasteiger partial charge in [0.25, 0.3) is 0 Å². The molecule has 1 saturated heterocycles. The predicted octanol–water partition coefficient (Wildman–Crippen LogP) is 2.15. The van der Waals surface area contributed by atoms with Crippen LogP contribution in [-0.2, 0) is 4.74 Å². The van der Waals surface area contributed by atoms with E-state index in [1.165, 1.54) is 10.6 Å². The third-order valence-electron chi connectivity index (χ3n) is 4.87. The van der Waals surface area contributed by atoms with Gasteiger partial charge in [-0.3, -0.25) is 4.90 Å². The van der Waals surface area contributed by atoms with Crippen LogP contribution >= 0.6 is 11.8 Å². The summed E-state index contributed by atoms with van der Waals surface area (Å²) in [5.74, 6) is 1.85. The molecule has 0 spiro atoms. The van der Waals surface area contributed by atoms with Crippen LogP contribution in [0.25, 0.3) is 4.91 Å². The van der Waals surface area contributed by atoms with Crippen molar-refractivity contribution in [3.8, 4) is 0 Å². The molecule has 4 rings (SSSR count). The normalized spacial score (nSPS) is 18.0. The lowest BCUT2D eigenvalue weighted by Crippen LogP contribution is -2.47. The van der Waals surface area contributed by atoms with Crippen molar-refractivity contribution >= 4 is 28.2 Å². The molecule has 0 amide bonds. The Morgan fingerprint density at radius 3 is 2.78 bits per heavy atom. The third-order valence-corrected chi connectivity index (χ3v) is 5.93. The van der Waals surface area contributed by atoms with E-state index in [1.54, 1.807) is 31.3 Å². The summed E-state index contributed by atoms with van der Waals surface area (Å²) < 4.78 is 5.19. The maximum absolute atomic E-state index is 5.19. The molecule has 0 radical (unpaired) electrons. The molecule has 4 heterocycles. The summed E-state index contributed by atoms with van der Waals surface area (Å²) >= 11 is 1.79. The van der Waals surface area contributed by atoms with Gasteiger partial charge in [-0.1, -0.05) is 0 Å². The molecule has 2 aromatic heterocycles. The van der Waals surface area contributed by atoms with Crippen LogP contribution in [0.1, 0.15) is 5.56 Å². The summed E-state index contributed by atoms with van der Waals surface area (Å²) in [5, 5.41) is 7.82. The highest BCUT2D eigenvalue weighted by atomic mass is 32.2. The van der Waals surface area contributed by atoms with E-state index in [9.17, 15) is 0 Å². The molecule has 27 heavy (non-hydrogen) atoms. The topological polar surface area (TPSA) is 57.6 Å². The number of piperazine rings is 1. The van der Waals surface area contributed by atoms with Crippen LogP contribution < -0.4 is 9.80 Å². The highest BCUT2D eigenvalue weighted by molar-refractivity contribution is 8.08. The highest BCUT2D eigenvalue weighted by Crippen LogP contribution is 2.36. The van der Waals surface area contributed by atoms with Crippen LogP contribution in [0.4, 0.5) is 11.5 Å². The van der Waals surface area contributed by atoms with Crippen molar-refractivity contribution in [1.29, 1.82) is 0 Å². The maximum atomic E-state index is 5.19. The first-order valence-corrected chi connectivity index (χ1v) is 10.1. The molecule has 7 nitrogen and oxygen atoms in total. The standard InChI is InChI=1S/C19H24N6OS/c1-26-11-10-23-6-8-24(9-7-23)17-3-4-20-19(12-17)25-14-18(27-15-25)16-2-5-21-22-13-16/h2-5,12-14H,6-11,15H2,1H3. The fourth-order valence-electron chi connectivity index (χ4n) is 3.29. The first-order chi connectivity index (χ1) is 13.3. The van der Waals surface area contributed by atoms with Gasteiger partial charge in [0.1, 0.15) is 5.82 Å². The molecular weight excluding hydrogens is 360 g/mol. The maximum Gasteiger partial charge on any atom is 0.135 e. The molecule has 0 bridgehead atoms. The van der Waals surface area contributed by atoms with Gasteiger partial charge in [0.2, 0.25) is 0 Å². The lowest BCUT2D eigenvalue weighted by molar-refractivity contribution is 0.144. The highest BCUT2D eigenvalue weighted by Gasteiger charge is 2.20. The van der Waals surface area contributed by atoms with Gasteiger partial charge < -0.3 is 14.5 Å². The van der Waals surface area contributed by atoms with Crippen molar-refractivity contribution in [2.45, 2.75) is 0 Å². The summed E-state index contributed by atoms with van der Waals surface area (Å²) in [6.07, 6.45) is 7.59. The van der Waals surface area contributed by atoms with E-state index in [1.807, 2.05) is 12.3 Å². The van der Waals surface area contributed by atoms with Gasteiger partial charge in [-0.2, -0.15) is 10.2 Å². The molecule has 0 N–H and O–H groups in total. The van der Waals surface area contributed by atoms with Crippen LogP contribution in [-0.4, -0.2) is 72.4 Å². The molecule has 0 unspecified atom stereocenters. The zero-order valence-electron chi connectivity index (χ0n) is 15.5. The number of methoxy groups -OCH3 is 1. The van der Waals surface area contributed by atoms with Gasteiger partial charge in [-0.25, -0.2) is 4.98 Å². The molecule has 2 aliphatic heterocycles. The lowest BCUT2D eigenvalue weighted by atomic mass is 10.2. The summed E-state index contributed by atoms with van der Waals surface area (Å²) in [6, 6.07) is 6.28. The fourth-order valence-corrected chi connectivity index (χ4v) is 4.27. The van der Waals surface area contributed by atoms with Crippen molar-refractivity contribution in [3.63, 3.8) is 0 Å². The average molecular weight is 385 g/mol. The van der Waals surface area contributed by atoms with E-state index < -0.39 is 0 Å². The molecule has 0 aromatic carbocycles. The number of nitrogens with zero attached hydrogens (tertiary/aromatic N) is 6. The first kappa shape index (κ1) is 18.2. The Morgan fingerprint density at radius 2 is 2.00 bits per heavy atom. The molecule has 2 aromatic rings. The molecule has 8 heteroatoms. The third kappa shape index (κ3) is 4.40. The Bertz CT molecular complexity index is 779. The summed E-state index contributed by atoms with van der Waals surface area (Å²) in [4.78, 5) is 12.9. The largest absolute Gasteiger partial charge is 0.383 e. The van der Waals surface area contributed by atoms with Crippen LogP contribution in [0.2, 0.25) is 0 Å². The van der Waals surface area contributed by atoms with Gasteiger partial charge in [0.05, 0.1) is 24.9 Å². The summed E-state index contributed by atoms with van der Waals surface area (Å²) in [7, 11) is 1.76. The minimum absolute atomic E-state index is 0.799. The van der Waals surface area contributed by atoms with E-state index in [0.717, 1.165) is 56.6 Å². The van der Waals surface area contributed by atoms with Crippen LogP contribution in [0.3, 0.4) is 0 Å². The van der Waals surface area contributed by atoms with Gasteiger partial charge in [-0.15, -0.1) is 11.8 Å². The van der Waals surface area contributed by atoms with Crippen LogP contribution in [0.5, 0.6) is 0 Å². The number of hydrogen-bond donors (Lipinski definition) is 0. The average Bonchev–Trinajstić information content (AvgIpc) is 3.24. The second kappa shape index (κ2) is 8.69. The van der Waals surface area contributed by atoms with E-state index in [4.69, 9.17) is 4.74 Å². The van der Waals surface area contributed by atoms with Crippen molar-refractivity contribution in [3.05, 3.63) is 48.6 Å².